The summed E-state index contributed by atoms with van der Waals surface area (Å²) in [4.78, 5) is 17.1. The fraction of sp³-hybridized carbons (Fsp3) is 0.500. The Morgan fingerprint density at radius 3 is 2.61 bits per heavy atom. The number of sulfonamides is 1. The van der Waals surface area contributed by atoms with Gasteiger partial charge < -0.3 is 9.64 Å². The molecule has 0 radical (unpaired) electrons. The van der Waals surface area contributed by atoms with Crippen molar-refractivity contribution in [3.63, 3.8) is 0 Å². The van der Waals surface area contributed by atoms with E-state index in [9.17, 15) is 13.2 Å². The number of carbonyl (C=O) groups excluding carboxylic acids is 1. The Kier molecular flexibility index (Phi) is 6.63. The van der Waals surface area contributed by atoms with Gasteiger partial charge in [-0.3, -0.25) is 14.4 Å². The van der Waals surface area contributed by atoms with E-state index < -0.39 is 16.1 Å². The van der Waals surface area contributed by atoms with Gasteiger partial charge >= 0.3 is 0 Å². The largest absolute Gasteiger partial charge is 0.366 e. The number of ether oxygens (including phenoxy) is 1. The first-order valence-electron chi connectivity index (χ1n) is 10.2. The van der Waals surface area contributed by atoms with Crippen molar-refractivity contribution >= 4 is 27.5 Å². The van der Waals surface area contributed by atoms with Crippen LogP contribution in [0.3, 0.4) is 0 Å². The molecule has 1 aromatic carbocycles. The molecular formula is C20H26ClN5O4S. The Morgan fingerprint density at radius 2 is 1.94 bits per heavy atom. The van der Waals surface area contributed by atoms with Crippen molar-refractivity contribution in [1.82, 2.24) is 23.9 Å². The fourth-order valence-corrected chi connectivity index (χ4v) is 5.85. The van der Waals surface area contributed by atoms with Crippen molar-refractivity contribution in [1.29, 1.82) is 0 Å². The maximum absolute atomic E-state index is 13.0. The number of aromatic nitrogens is 2. The molecule has 2 aliphatic heterocycles. The molecule has 31 heavy (non-hydrogen) atoms. The molecule has 0 saturated carbocycles. The molecule has 2 aliphatic rings. The number of morpholine rings is 1. The molecule has 11 heteroatoms. The van der Waals surface area contributed by atoms with Crippen molar-refractivity contribution in [2.75, 3.05) is 45.9 Å². The van der Waals surface area contributed by atoms with Crippen LogP contribution in [0.4, 0.5) is 0 Å². The summed E-state index contributed by atoms with van der Waals surface area (Å²) in [5.74, 6) is -0.167. The van der Waals surface area contributed by atoms with E-state index >= 15 is 0 Å². The van der Waals surface area contributed by atoms with Crippen LogP contribution in [-0.2, 0) is 33.1 Å². The Labute approximate surface area is 187 Å². The standard InChI is InChI=1S/C20H26ClN5O4S/c1-23-13-16(12-22-23)14-24-6-8-25(9-7-24)20(27)18-15-26(10-11-30-18)31(28,29)19-5-3-2-4-17(19)21/h2-5,12-13,18H,6-11,14-15H2,1H3/t18-/m0/s1. The van der Waals surface area contributed by atoms with Crippen LogP contribution in [0.1, 0.15) is 5.56 Å². The average molecular weight is 468 g/mol. The second kappa shape index (κ2) is 9.25. The van der Waals surface area contributed by atoms with Crippen LogP contribution in [-0.4, -0.2) is 90.2 Å². The maximum Gasteiger partial charge on any atom is 0.253 e. The second-order valence-corrected chi connectivity index (χ2v) is 10.1. The van der Waals surface area contributed by atoms with Gasteiger partial charge in [0.25, 0.3) is 5.91 Å². The SMILES string of the molecule is Cn1cc(CN2CCN(C(=O)[C@@H]3CN(S(=O)(=O)c4ccccc4Cl)CCO3)CC2)cn1. The molecule has 1 amide bonds. The number of carbonyl (C=O) groups is 1. The van der Waals surface area contributed by atoms with Crippen LogP contribution < -0.4 is 0 Å². The molecule has 2 saturated heterocycles. The van der Waals surface area contributed by atoms with E-state index in [1.54, 1.807) is 27.8 Å². The molecule has 0 unspecified atom stereocenters. The molecule has 3 heterocycles. The molecule has 2 fully saturated rings. The maximum atomic E-state index is 13.0. The van der Waals surface area contributed by atoms with E-state index in [1.165, 1.54) is 10.4 Å². The summed E-state index contributed by atoms with van der Waals surface area (Å²) in [6.45, 7) is 3.79. The Balaban J connectivity index is 1.35. The zero-order valence-electron chi connectivity index (χ0n) is 17.4. The molecule has 168 valence electrons. The van der Waals surface area contributed by atoms with E-state index in [-0.39, 0.29) is 35.5 Å². The van der Waals surface area contributed by atoms with Crippen molar-refractivity contribution in [3.05, 3.63) is 47.2 Å². The highest BCUT2D eigenvalue weighted by Gasteiger charge is 2.37. The first-order chi connectivity index (χ1) is 14.8. The lowest BCUT2D eigenvalue weighted by molar-refractivity contribution is -0.149. The highest BCUT2D eigenvalue weighted by Crippen LogP contribution is 2.26. The normalized spacial score (nSPS) is 21.4. The first-order valence-corrected chi connectivity index (χ1v) is 12.0. The number of halogens is 1. The number of aryl methyl sites for hydroxylation is 1. The third-order valence-electron chi connectivity index (χ3n) is 5.61. The van der Waals surface area contributed by atoms with Gasteiger partial charge in [-0.2, -0.15) is 9.40 Å². The minimum atomic E-state index is -3.80. The Morgan fingerprint density at radius 1 is 1.19 bits per heavy atom. The molecule has 0 spiro atoms. The van der Waals surface area contributed by atoms with Crippen molar-refractivity contribution in [3.8, 4) is 0 Å². The fourth-order valence-electron chi connectivity index (χ4n) is 3.93. The quantitative estimate of drug-likeness (QED) is 0.646. The lowest BCUT2D eigenvalue weighted by Gasteiger charge is -2.38. The zero-order chi connectivity index (χ0) is 22.0. The van der Waals surface area contributed by atoms with Gasteiger partial charge in [0.1, 0.15) is 11.0 Å². The first kappa shape index (κ1) is 22.2. The van der Waals surface area contributed by atoms with Crippen molar-refractivity contribution in [2.45, 2.75) is 17.5 Å². The summed E-state index contributed by atoms with van der Waals surface area (Å²) < 4.78 is 34.8. The summed E-state index contributed by atoms with van der Waals surface area (Å²) >= 11 is 6.10. The third-order valence-corrected chi connectivity index (χ3v) is 7.97. The average Bonchev–Trinajstić information content (AvgIpc) is 3.18. The van der Waals surface area contributed by atoms with Crippen LogP contribution in [0.15, 0.2) is 41.6 Å². The molecule has 0 bridgehead atoms. The zero-order valence-corrected chi connectivity index (χ0v) is 18.9. The summed E-state index contributed by atoms with van der Waals surface area (Å²) in [7, 11) is -1.91. The predicted molar refractivity (Wildman–Crippen MR) is 115 cm³/mol. The van der Waals surface area contributed by atoms with Gasteiger partial charge in [0.15, 0.2) is 0 Å². The van der Waals surface area contributed by atoms with Gasteiger partial charge in [-0.25, -0.2) is 8.42 Å². The summed E-state index contributed by atoms with van der Waals surface area (Å²) in [5, 5.41) is 4.36. The summed E-state index contributed by atoms with van der Waals surface area (Å²) in [6.07, 6.45) is 3.03. The molecule has 2 aromatic rings. The summed E-state index contributed by atoms with van der Waals surface area (Å²) in [6, 6.07) is 6.34. The van der Waals surface area contributed by atoms with Crippen molar-refractivity contribution < 1.29 is 17.9 Å². The minimum Gasteiger partial charge on any atom is -0.366 e. The topological polar surface area (TPSA) is 88.0 Å². The number of amides is 1. The molecule has 0 N–H and O–H groups in total. The van der Waals surface area contributed by atoms with Gasteiger partial charge in [-0.1, -0.05) is 23.7 Å². The minimum absolute atomic E-state index is 0.0116. The monoisotopic (exact) mass is 467 g/mol. The smallest absolute Gasteiger partial charge is 0.253 e. The van der Waals surface area contributed by atoms with Gasteiger partial charge in [-0.15, -0.1) is 0 Å². The van der Waals surface area contributed by atoms with Crippen LogP contribution >= 0.6 is 11.6 Å². The number of nitrogens with zero attached hydrogens (tertiary/aromatic N) is 5. The number of rotatable bonds is 5. The van der Waals surface area contributed by atoms with Crippen molar-refractivity contribution in [2.24, 2.45) is 7.05 Å². The van der Waals surface area contributed by atoms with Crippen LogP contribution in [0.2, 0.25) is 5.02 Å². The number of hydrogen-bond donors (Lipinski definition) is 0. The Bertz CT molecular complexity index is 1040. The third kappa shape index (κ3) is 4.93. The van der Waals surface area contributed by atoms with Gasteiger partial charge in [-0.05, 0) is 12.1 Å². The van der Waals surface area contributed by atoms with Gasteiger partial charge in [0.2, 0.25) is 10.0 Å². The second-order valence-electron chi connectivity index (χ2n) is 7.78. The van der Waals surface area contributed by atoms with E-state index in [4.69, 9.17) is 16.3 Å². The molecule has 1 aromatic heterocycles. The van der Waals surface area contributed by atoms with Crippen LogP contribution in [0, 0.1) is 0 Å². The lowest BCUT2D eigenvalue weighted by Crippen LogP contribution is -2.56. The highest BCUT2D eigenvalue weighted by molar-refractivity contribution is 7.89. The molecule has 9 nitrogen and oxygen atoms in total. The van der Waals surface area contributed by atoms with Crippen LogP contribution in [0.25, 0.3) is 0 Å². The number of piperazine rings is 1. The van der Waals surface area contributed by atoms with E-state index in [1.807, 2.05) is 19.4 Å². The molecular weight excluding hydrogens is 442 g/mol. The van der Waals surface area contributed by atoms with Gasteiger partial charge in [0, 0.05) is 64.6 Å². The number of benzene rings is 1. The highest BCUT2D eigenvalue weighted by atomic mass is 35.5. The van der Waals surface area contributed by atoms with E-state index in [0.717, 1.165) is 25.2 Å². The molecule has 4 rings (SSSR count). The number of hydrogen-bond acceptors (Lipinski definition) is 6. The van der Waals surface area contributed by atoms with Gasteiger partial charge in [0.05, 0.1) is 17.8 Å². The van der Waals surface area contributed by atoms with Crippen LogP contribution in [0.5, 0.6) is 0 Å². The lowest BCUT2D eigenvalue weighted by atomic mass is 10.2. The molecule has 0 aliphatic carbocycles. The van der Waals surface area contributed by atoms with E-state index in [2.05, 4.69) is 10.00 Å². The summed E-state index contributed by atoms with van der Waals surface area (Å²) in [5.41, 5.74) is 1.14. The van der Waals surface area contributed by atoms with E-state index in [0.29, 0.717) is 13.1 Å². The predicted octanol–water partition coefficient (Wildman–Crippen LogP) is 0.807. The Hall–Kier alpha value is -1.98. The molecule has 1 atom stereocenters.